The van der Waals surface area contributed by atoms with Crippen LogP contribution < -0.4 is 0 Å². The van der Waals surface area contributed by atoms with Gasteiger partial charge in [0, 0.05) is 22.7 Å². The summed E-state index contributed by atoms with van der Waals surface area (Å²) in [6.07, 6.45) is 4.91. The number of aryl methyl sites for hydroxylation is 2. The van der Waals surface area contributed by atoms with Crippen LogP contribution in [-0.4, -0.2) is 10.1 Å². The van der Waals surface area contributed by atoms with Crippen LogP contribution in [0.3, 0.4) is 0 Å². The molecule has 0 unspecified atom stereocenters. The summed E-state index contributed by atoms with van der Waals surface area (Å²) in [4.78, 5) is 3.40. The van der Waals surface area contributed by atoms with Gasteiger partial charge in [-0.15, -0.1) is 0 Å². The molecule has 1 aliphatic carbocycles. The smallest absolute Gasteiger partial charge is 0.117 e. The number of phenols is 1. The Morgan fingerprint density at radius 2 is 2.00 bits per heavy atom. The summed E-state index contributed by atoms with van der Waals surface area (Å²) in [6.45, 7) is 0. The molecule has 0 fully saturated rings. The molecule has 72 valence electrons. The fourth-order valence-electron chi connectivity index (χ4n) is 2.40. The third-order valence-corrected chi connectivity index (χ3v) is 3.08. The number of H-pyrrole nitrogens is 1. The molecule has 14 heavy (non-hydrogen) atoms. The number of fused-ring (bicyclic) bond motifs is 3. The van der Waals surface area contributed by atoms with E-state index < -0.39 is 0 Å². The first-order valence-corrected chi connectivity index (χ1v) is 5.17. The second-order valence-corrected chi connectivity index (χ2v) is 4.02. The molecule has 2 nitrogen and oxygen atoms in total. The van der Waals surface area contributed by atoms with Crippen molar-refractivity contribution in [2.45, 2.75) is 25.7 Å². The first kappa shape index (κ1) is 7.92. The Morgan fingerprint density at radius 1 is 1.14 bits per heavy atom. The molecule has 0 spiro atoms. The van der Waals surface area contributed by atoms with E-state index in [1.165, 1.54) is 35.9 Å². The summed E-state index contributed by atoms with van der Waals surface area (Å²) >= 11 is 0. The molecule has 2 aromatic rings. The monoisotopic (exact) mass is 187 g/mol. The molecule has 0 amide bonds. The quantitative estimate of drug-likeness (QED) is 0.653. The highest BCUT2D eigenvalue weighted by atomic mass is 16.3. The molecular weight excluding hydrogens is 174 g/mol. The van der Waals surface area contributed by atoms with Gasteiger partial charge in [0.1, 0.15) is 5.75 Å². The van der Waals surface area contributed by atoms with Gasteiger partial charge >= 0.3 is 0 Å². The zero-order valence-corrected chi connectivity index (χ0v) is 8.01. The Morgan fingerprint density at radius 3 is 2.93 bits per heavy atom. The second kappa shape index (κ2) is 2.77. The van der Waals surface area contributed by atoms with Gasteiger partial charge in [-0.05, 0) is 43.4 Å². The molecule has 0 saturated carbocycles. The third kappa shape index (κ3) is 1.03. The predicted molar refractivity (Wildman–Crippen MR) is 56.6 cm³/mol. The van der Waals surface area contributed by atoms with Gasteiger partial charge in [-0.25, -0.2) is 0 Å². The largest absolute Gasteiger partial charge is 0.508 e. The van der Waals surface area contributed by atoms with E-state index in [1.807, 2.05) is 12.1 Å². The zero-order valence-electron chi connectivity index (χ0n) is 8.01. The van der Waals surface area contributed by atoms with Crippen molar-refractivity contribution in [2.24, 2.45) is 0 Å². The lowest BCUT2D eigenvalue weighted by molar-refractivity contribution is 0.476. The van der Waals surface area contributed by atoms with Crippen molar-refractivity contribution in [3.8, 4) is 5.75 Å². The normalized spacial score (nSPS) is 15.7. The Bertz CT molecular complexity index is 484. The summed E-state index contributed by atoms with van der Waals surface area (Å²) in [7, 11) is 0. The minimum atomic E-state index is 0.344. The first-order valence-electron chi connectivity index (χ1n) is 5.17. The van der Waals surface area contributed by atoms with Gasteiger partial charge in [0.25, 0.3) is 0 Å². The number of phenolic OH excluding ortho intramolecular Hbond substituents is 1. The lowest BCUT2D eigenvalue weighted by Crippen LogP contribution is -1.99. The average Bonchev–Trinajstić information content (AvgIpc) is 2.54. The van der Waals surface area contributed by atoms with Gasteiger partial charge in [-0.2, -0.15) is 0 Å². The van der Waals surface area contributed by atoms with E-state index in [-0.39, 0.29) is 0 Å². The highest BCUT2D eigenvalue weighted by Crippen LogP contribution is 2.30. The lowest BCUT2D eigenvalue weighted by Gasteiger charge is -2.10. The molecule has 0 aliphatic heterocycles. The molecule has 1 aromatic heterocycles. The van der Waals surface area contributed by atoms with Crippen LogP contribution in [0.25, 0.3) is 10.9 Å². The minimum Gasteiger partial charge on any atom is -0.508 e. The van der Waals surface area contributed by atoms with E-state index in [9.17, 15) is 5.11 Å². The first-order chi connectivity index (χ1) is 6.84. The summed E-state index contributed by atoms with van der Waals surface area (Å²) in [5, 5.41) is 10.7. The molecule has 0 atom stereocenters. The van der Waals surface area contributed by atoms with E-state index in [2.05, 4.69) is 4.98 Å². The number of rotatable bonds is 0. The van der Waals surface area contributed by atoms with Gasteiger partial charge in [0.05, 0.1) is 0 Å². The third-order valence-electron chi connectivity index (χ3n) is 3.08. The van der Waals surface area contributed by atoms with E-state index in [4.69, 9.17) is 0 Å². The van der Waals surface area contributed by atoms with Crippen molar-refractivity contribution >= 4 is 10.9 Å². The number of aromatic amines is 1. The molecule has 0 bridgehead atoms. The summed E-state index contributed by atoms with van der Waals surface area (Å²) in [6, 6.07) is 5.60. The number of aromatic nitrogens is 1. The Balaban J connectivity index is 2.31. The lowest BCUT2D eigenvalue weighted by atomic mass is 9.96. The van der Waals surface area contributed by atoms with Crippen molar-refractivity contribution in [1.29, 1.82) is 0 Å². The van der Waals surface area contributed by atoms with Crippen molar-refractivity contribution in [2.75, 3.05) is 0 Å². The summed E-state index contributed by atoms with van der Waals surface area (Å²) < 4.78 is 0. The molecule has 2 heteroatoms. The maximum absolute atomic E-state index is 9.37. The number of nitrogens with one attached hydrogen (secondary N) is 1. The summed E-state index contributed by atoms with van der Waals surface area (Å²) in [5.74, 6) is 0.344. The van der Waals surface area contributed by atoms with E-state index in [1.54, 1.807) is 6.07 Å². The highest BCUT2D eigenvalue weighted by molar-refractivity contribution is 5.86. The Labute approximate surface area is 82.6 Å². The van der Waals surface area contributed by atoms with Crippen molar-refractivity contribution in [3.05, 3.63) is 29.5 Å². The van der Waals surface area contributed by atoms with Crippen molar-refractivity contribution in [3.63, 3.8) is 0 Å². The van der Waals surface area contributed by atoms with Gasteiger partial charge in [0.2, 0.25) is 0 Å². The molecule has 1 heterocycles. The Hall–Kier alpha value is -1.44. The molecule has 0 radical (unpaired) electrons. The van der Waals surface area contributed by atoms with Crippen LogP contribution in [0.2, 0.25) is 0 Å². The zero-order chi connectivity index (χ0) is 9.54. The van der Waals surface area contributed by atoms with E-state index in [0.29, 0.717) is 5.75 Å². The van der Waals surface area contributed by atoms with Gasteiger partial charge in [0.15, 0.2) is 0 Å². The van der Waals surface area contributed by atoms with E-state index >= 15 is 0 Å². The van der Waals surface area contributed by atoms with Crippen LogP contribution in [0.5, 0.6) is 5.75 Å². The molecular formula is C12H13NO. The highest BCUT2D eigenvalue weighted by Gasteiger charge is 2.14. The number of hydrogen-bond donors (Lipinski definition) is 2. The van der Waals surface area contributed by atoms with Gasteiger partial charge in [-0.3, -0.25) is 0 Å². The SMILES string of the molecule is Oc1ccc2c3c([nH]c2c1)CCCC3. The minimum absolute atomic E-state index is 0.344. The summed E-state index contributed by atoms with van der Waals surface area (Å²) in [5.41, 5.74) is 3.92. The standard InChI is InChI=1S/C12H13NO/c14-8-5-6-10-9-3-1-2-4-11(9)13-12(10)7-8/h5-7,13-14H,1-4H2. The molecule has 1 aliphatic rings. The number of hydrogen-bond acceptors (Lipinski definition) is 1. The van der Waals surface area contributed by atoms with Crippen LogP contribution >= 0.6 is 0 Å². The maximum Gasteiger partial charge on any atom is 0.117 e. The second-order valence-electron chi connectivity index (χ2n) is 4.02. The fourth-order valence-corrected chi connectivity index (χ4v) is 2.40. The van der Waals surface area contributed by atoms with Crippen molar-refractivity contribution in [1.82, 2.24) is 4.98 Å². The fraction of sp³-hybridized carbons (Fsp3) is 0.333. The molecule has 1 aromatic carbocycles. The average molecular weight is 187 g/mol. The van der Waals surface area contributed by atoms with Crippen LogP contribution in [-0.2, 0) is 12.8 Å². The van der Waals surface area contributed by atoms with Gasteiger partial charge in [-0.1, -0.05) is 0 Å². The van der Waals surface area contributed by atoms with Crippen LogP contribution in [0, 0.1) is 0 Å². The predicted octanol–water partition coefficient (Wildman–Crippen LogP) is 2.75. The molecule has 3 rings (SSSR count). The topological polar surface area (TPSA) is 36.0 Å². The number of benzene rings is 1. The molecule has 0 saturated heterocycles. The van der Waals surface area contributed by atoms with E-state index in [0.717, 1.165) is 11.9 Å². The molecule has 2 N–H and O–H groups in total. The maximum atomic E-state index is 9.37. The van der Waals surface area contributed by atoms with Gasteiger partial charge < -0.3 is 10.1 Å². The van der Waals surface area contributed by atoms with Crippen LogP contribution in [0.15, 0.2) is 18.2 Å². The van der Waals surface area contributed by atoms with Crippen LogP contribution in [0.4, 0.5) is 0 Å². The van der Waals surface area contributed by atoms with Crippen LogP contribution in [0.1, 0.15) is 24.1 Å². The number of aromatic hydroxyl groups is 1. The van der Waals surface area contributed by atoms with Crippen molar-refractivity contribution < 1.29 is 5.11 Å². The Kier molecular flexibility index (Phi) is 1.57.